The van der Waals surface area contributed by atoms with E-state index in [0.29, 0.717) is 0 Å². The van der Waals surface area contributed by atoms with Gasteiger partial charge in [0.2, 0.25) is 5.95 Å². The average molecular weight is 222 g/mol. The van der Waals surface area contributed by atoms with Crippen LogP contribution >= 0.6 is 15.9 Å². The zero-order valence-corrected chi connectivity index (χ0v) is 7.24. The number of halogens is 2. The molecule has 1 N–H and O–H groups in total. The first-order valence-electron chi connectivity index (χ1n) is 2.77. The number of esters is 1. The number of carbonyl (C=O) groups excluding carboxylic acids is 1. The van der Waals surface area contributed by atoms with Crippen LogP contribution in [0.2, 0.25) is 0 Å². The van der Waals surface area contributed by atoms with Crippen molar-refractivity contribution in [2.24, 2.45) is 0 Å². The SMILES string of the molecule is COC(=O)c1cc(Br)c(F)[nH]1. The molecule has 0 aromatic carbocycles. The van der Waals surface area contributed by atoms with Crippen LogP contribution in [-0.2, 0) is 4.74 Å². The molecule has 0 aliphatic rings. The molecule has 60 valence electrons. The average Bonchev–Trinajstić information content (AvgIpc) is 2.31. The maximum Gasteiger partial charge on any atom is 0.354 e. The summed E-state index contributed by atoms with van der Waals surface area (Å²) < 4.78 is 17.1. The van der Waals surface area contributed by atoms with E-state index in [2.05, 4.69) is 25.7 Å². The van der Waals surface area contributed by atoms with Crippen LogP contribution in [0.1, 0.15) is 10.5 Å². The molecule has 0 aliphatic carbocycles. The number of aromatic amines is 1. The van der Waals surface area contributed by atoms with Crippen LogP contribution in [0.3, 0.4) is 0 Å². The van der Waals surface area contributed by atoms with Crippen LogP contribution in [-0.4, -0.2) is 18.1 Å². The first-order chi connectivity index (χ1) is 5.15. The van der Waals surface area contributed by atoms with Crippen LogP contribution in [0.5, 0.6) is 0 Å². The normalized spacial score (nSPS) is 9.73. The van der Waals surface area contributed by atoms with Crippen molar-refractivity contribution in [1.82, 2.24) is 4.98 Å². The lowest BCUT2D eigenvalue weighted by Crippen LogP contribution is -2.00. The van der Waals surface area contributed by atoms with Gasteiger partial charge in [0, 0.05) is 0 Å². The van der Waals surface area contributed by atoms with Gasteiger partial charge in [-0.25, -0.2) is 4.79 Å². The molecule has 1 aromatic rings. The van der Waals surface area contributed by atoms with Gasteiger partial charge in [0.15, 0.2) is 0 Å². The summed E-state index contributed by atoms with van der Waals surface area (Å²) in [6, 6.07) is 1.32. The highest BCUT2D eigenvalue weighted by atomic mass is 79.9. The molecule has 0 saturated carbocycles. The second-order valence-corrected chi connectivity index (χ2v) is 2.69. The van der Waals surface area contributed by atoms with Gasteiger partial charge in [0.05, 0.1) is 11.6 Å². The highest BCUT2D eigenvalue weighted by molar-refractivity contribution is 9.10. The fourth-order valence-electron chi connectivity index (χ4n) is 0.624. The Morgan fingerprint density at radius 1 is 1.82 bits per heavy atom. The second kappa shape index (κ2) is 3.04. The largest absolute Gasteiger partial charge is 0.464 e. The molecule has 0 saturated heterocycles. The summed E-state index contributed by atoms with van der Waals surface area (Å²) in [4.78, 5) is 12.9. The standard InChI is InChI=1S/C6H5BrFNO2/c1-11-6(10)4-2-3(7)5(8)9-4/h2,9H,1H3. The lowest BCUT2D eigenvalue weighted by Gasteiger charge is -1.91. The Kier molecular flexibility index (Phi) is 2.28. The molecule has 0 unspecified atom stereocenters. The minimum Gasteiger partial charge on any atom is -0.464 e. The molecular formula is C6H5BrFNO2. The van der Waals surface area contributed by atoms with Crippen molar-refractivity contribution in [2.75, 3.05) is 7.11 Å². The van der Waals surface area contributed by atoms with Crippen molar-refractivity contribution in [3.05, 3.63) is 22.2 Å². The van der Waals surface area contributed by atoms with E-state index in [0.717, 1.165) is 0 Å². The van der Waals surface area contributed by atoms with Crippen LogP contribution in [0, 0.1) is 5.95 Å². The zero-order chi connectivity index (χ0) is 8.43. The third-order valence-electron chi connectivity index (χ3n) is 1.13. The van der Waals surface area contributed by atoms with Crippen LogP contribution in [0.4, 0.5) is 4.39 Å². The van der Waals surface area contributed by atoms with E-state index in [9.17, 15) is 9.18 Å². The smallest absolute Gasteiger partial charge is 0.354 e. The molecule has 0 spiro atoms. The molecule has 0 radical (unpaired) electrons. The van der Waals surface area contributed by atoms with Crippen molar-refractivity contribution >= 4 is 21.9 Å². The van der Waals surface area contributed by atoms with Crippen molar-refractivity contribution in [3.63, 3.8) is 0 Å². The number of hydrogen-bond donors (Lipinski definition) is 1. The Morgan fingerprint density at radius 3 is 2.82 bits per heavy atom. The van der Waals surface area contributed by atoms with E-state index in [1.54, 1.807) is 0 Å². The minimum atomic E-state index is -0.588. The Bertz CT molecular complexity index is 265. The number of H-pyrrole nitrogens is 1. The highest BCUT2D eigenvalue weighted by Gasteiger charge is 2.11. The van der Waals surface area contributed by atoms with Crippen molar-refractivity contribution in [1.29, 1.82) is 0 Å². The van der Waals surface area contributed by atoms with Gasteiger partial charge in [-0.3, -0.25) is 0 Å². The summed E-state index contributed by atoms with van der Waals surface area (Å²) in [6.45, 7) is 0. The maximum absolute atomic E-state index is 12.5. The minimum absolute atomic E-state index is 0.0943. The molecule has 1 rings (SSSR count). The Morgan fingerprint density at radius 2 is 2.45 bits per heavy atom. The first-order valence-corrected chi connectivity index (χ1v) is 3.56. The van der Waals surface area contributed by atoms with E-state index >= 15 is 0 Å². The third kappa shape index (κ3) is 1.59. The Hall–Kier alpha value is -0.840. The predicted molar refractivity (Wildman–Crippen MR) is 39.8 cm³/mol. The van der Waals surface area contributed by atoms with Gasteiger partial charge < -0.3 is 9.72 Å². The van der Waals surface area contributed by atoms with Crippen molar-refractivity contribution < 1.29 is 13.9 Å². The number of hydrogen-bond acceptors (Lipinski definition) is 2. The summed E-state index contributed by atoms with van der Waals surface area (Å²) in [5.74, 6) is -1.17. The number of methoxy groups -OCH3 is 1. The number of nitrogens with one attached hydrogen (secondary N) is 1. The summed E-state index contributed by atoms with van der Waals surface area (Å²) >= 11 is 2.90. The quantitative estimate of drug-likeness (QED) is 0.734. The maximum atomic E-state index is 12.5. The van der Waals surface area contributed by atoms with Gasteiger partial charge in [-0.15, -0.1) is 0 Å². The lowest BCUT2D eigenvalue weighted by molar-refractivity contribution is 0.0594. The van der Waals surface area contributed by atoms with Gasteiger partial charge >= 0.3 is 5.97 Å². The molecule has 1 heterocycles. The van der Waals surface area contributed by atoms with Crippen molar-refractivity contribution in [3.8, 4) is 0 Å². The van der Waals surface area contributed by atoms with Crippen LogP contribution < -0.4 is 0 Å². The number of aromatic nitrogens is 1. The Balaban J connectivity index is 2.97. The number of carbonyl (C=O) groups is 1. The van der Waals surface area contributed by atoms with E-state index in [1.165, 1.54) is 13.2 Å². The molecule has 11 heavy (non-hydrogen) atoms. The van der Waals surface area contributed by atoms with E-state index in [-0.39, 0.29) is 10.2 Å². The third-order valence-corrected chi connectivity index (χ3v) is 1.71. The summed E-state index contributed by atoms with van der Waals surface area (Å²) in [5.41, 5.74) is 0.0943. The van der Waals surface area contributed by atoms with Gasteiger partial charge in [0.1, 0.15) is 5.69 Å². The fraction of sp³-hybridized carbons (Fsp3) is 0.167. The van der Waals surface area contributed by atoms with E-state index in [4.69, 9.17) is 0 Å². The zero-order valence-electron chi connectivity index (χ0n) is 5.65. The predicted octanol–water partition coefficient (Wildman–Crippen LogP) is 1.70. The van der Waals surface area contributed by atoms with Crippen LogP contribution in [0.25, 0.3) is 0 Å². The molecule has 0 amide bonds. The molecule has 0 aliphatic heterocycles. The van der Waals surface area contributed by atoms with Gasteiger partial charge in [-0.2, -0.15) is 4.39 Å². The molecular weight excluding hydrogens is 217 g/mol. The molecule has 3 nitrogen and oxygen atoms in total. The summed E-state index contributed by atoms with van der Waals surface area (Å²) in [7, 11) is 1.23. The first kappa shape index (κ1) is 8.26. The van der Waals surface area contributed by atoms with Gasteiger partial charge in [0.25, 0.3) is 0 Å². The molecule has 1 aromatic heterocycles. The second-order valence-electron chi connectivity index (χ2n) is 1.84. The topological polar surface area (TPSA) is 42.1 Å². The number of rotatable bonds is 1. The highest BCUT2D eigenvalue weighted by Crippen LogP contribution is 2.16. The van der Waals surface area contributed by atoms with E-state index < -0.39 is 11.9 Å². The Labute approximate surface area is 70.7 Å². The monoisotopic (exact) mass is 221 g/mol. The summed E-state index contributed by atoms with van der Waals surface area (Å²) in [5, 5.41) is 0. The van der Waals surface area contributed by atoms with Gasteiger partial charge in [-0.1, -0.05) is 0 Å². The molecule has 0 bridgehead atoms. The lowest BCUT2D eigenvalue weighted by atomic mass is 10.4. The molecule has 5 heteroatoms. The van der Waals surface area contributed by atoms with Crippen LogP contribution in [0.15, 0.2) is 10.5 Å². The number of ether oxygens (including phenoxy) is 1. The molecule has 0 atom stereocenters. The van der Waals surface area contributed by atoms with E-state index in [1.807, 2.05) is 0 Å². The summed E-state index contributed by atoms with van der Waals surface area (Å²) in [6.07, 6.45) is 0. The van der Waals surface area contributed by atoms with Gasteiger partial charge in [-0.05, 0) is 22.0 Å². The molecule has 0 fully saturated rings. The fourth-order valence-corrected chi connectivity index (χ4v) is 0.952. The van der Waals surface area contributed by atoms with Crippen molar-refractivity contribution in [2.45, 2.75) is 0 Å².